The van der Waals surface area contributed by atoms with E-state index in [0.717, 1.165) is 34.0 Å². The van der Waals surface area contributed by atoms with Gasteiger partial charge in [0.05, 0.1) is 5.02 Å². The predicted octanol–water partition coefficient (Wildman–Crippen LogP) is 3.10. The first kappa shape index (κ1) is 18.8. The number of amides is 1. The van der Waals surface area contributed by atoms with Gasteiger partial charge in [-0.05, 0) is 37.8 Å². The molecule has 28 heavy (non-hydrogen) atoms. The maximum absolute atomic E-state index is 12.1. The van der Waals surface area contributed by atoms with Gasteiger partial charge in [-0.25, -0.2) is 9.67 Å². The second kappa shape index (κ2) is 7.81. The van der Waals surface area contributed by atoms with Gasteiger partial charge in [-0.2, -0.15) is 5.10 Å². The van der Waals surface area contributed by atoms with Crippen molar-refractivity contribution < 1.29 is 4.79 Å². The summed E-state index contributed by atoms with van der Waals surface area (Å²) in [6.07, 6.45) is 5.54. The van der Waals surface area contributed by atoms with E-state index in [4.69, 9.17) is 16.6 Å². The highest BCUT2D eigenvalue weighted by Gasteiger charge is 2.31. The molecule has 0 unspecified atom stereocenters. The zero-order valence-corrected chi connectivity index (χ0v) is 16.8. The van der Waals surface area contributed by atoms with Gasteiger partial charge in [0.2, 0.25) is 5.91 Å². The minimum absolute atomic E-state index is 0.117. The number of thiazole rings is 1. The number of rotatable bonds is 6. The van der Waals surface area contributed by atoms with E-state index in [9.17, 15) is 9.59 Å². The van der Waals surface area contributed by atoms with Crippen molar-refractivity contribution in [3.05, 3.63) is 50.8 Å². The van der Waals surface area contributed by atoms with Gasteiger partial charge in [0.1, 0.15) is 22.9 Å². The zero-order valence-electron chi connectivity index (χ0n) is 15.2. The van der Waals surface area contributed by atoms with E-state index in [1.807, 2.05) is 13.0 Å². The Balaban J connectivity index is 1.74. The van der Waals surface area contributed by atoms with Crippen molar-refractivity contribution in [2.24, 2.45) is 0 Å². The van der Waals surface area contributed by atoms with E-state index in [2.05, 4.69) is 15.4 Å². The van der Waals surface area contributed by atoms with Crippen LogP contribution in [0.15, 0.2) is 35.4 Å². The second-order valence-electron chi connectivity index (χ2n) is 6.57. The lowest BCUT2D eigenvalue weighted by Crippen LogP contribution is -2.33. The summed E-state index contributed by atoms with van der Waals surface area (Å²) in [5.74, 6) is 0.208. The zero-order chi connectivity index (χ0) is 19.7. The second-order valence-corrected chi connectivity index (χ2v) is 8.03. The van der Waals surface area contributed by atoms with Gasteiger partial charge in [0.15, 0.2) is 0 Å². The molecule has 0 bridgehead atoms. The quantitative estimate of drug-likeness (QED) is 0.668. The average molecular weight is 416 g/mol. The molecule has 1 fully saturated rings. The Bertz CT molecular complexity index is 1090. The third-order valence-corrected chi connectivity index (χ3v) is 5.80. The summed E-state index contributed by atoms with van der Waals surface area (Å²) < 4.78 is 1.18. The first-order valence-corrected chi connectivity index (χ1v) is 10.2. The maximum Gasteiger partial charge on any atom is 0.267 e. The van der Waals surface area contributed by atoms with Crippen LogP contribution in [0.1, 0.15) is 30.6 Å². The standard InChI is InChI=1S/C19H18ClN5O2S/c1-2-22-15(26)10-25-16(27)6-5-14(24-25)17-18(11-3-4-11)28-19(23-17)12-7-13(20)9-21-8-12/h5-9,11H,2-4,10H2,1H3,(H,22,26). The number of aromatic nitrogens is 4. The Morgan fingerprint density at radius 2 is 2.18 bits per heavy atom. The Morgan fingerprint density at radius 1 is 1.36 bits per heavy atom. The summed E-state index contributed by atoms with van der Waals surface area (Å²) in [6.45, 7) is 2.21. The fraction of sp³-hybridized carbons (Fsp3) is 0.316. The van der Waals surface area contributed by atoms with Crippen molar-refractivity contribution >= 4 is 28.8 Å². The van der Waals surface area contributed by atoms with Crippen LogP contribution < -0.4 is 10.9 Å². The summed E-state index contributed by atoms with van der Waals surface area (Å²) in [4.78, 5) is 34.1. The molecule has 3 aromatic rings. The van der Waals surface area contributed by atoms with Gasteiger partial charge in [0, 0.05) is 35.4 Å². The molecule has 1 aliphatic rings. The van der Waals surface area contributed by atoms with Crippen LogP contribution in [0, 0.1) is 0 Å². The molecule has 1 aliphatic carbocycles. The molecule has 0 aromatic carbocycles. The summed E-state index contributed by atoms with van der Waals surface area (Å²) in [5, 5.41) is 8.45. The lowest BCUT2D eigenvalue weighted by Gasteiger charge is -2.07. The fourth-order valence-corrected chi connectivity index (χ4v) is 4.27. The maximum atomic E-state index is 12.1. The number of hydrogen-bond acceptors (Lipinski definition) is 6. The molecule has 7 nitrogen and oxygen atoms in total. The first-order chi connectivity index (χ1) is 13.5. The van der Waals surface area contributed by atoms with Crippen LogP contribution in [0.4, 0.5) is 0 Å². The molecule has 3 heterocycles. The topological polar surface area (TPSA) is 89.8 Å². The number of hydrogen-bond donors (Lipinski definition) is 1. The smallest absolute Gasteiger partial charge is 0.267 e. The molecule has 0 aliphatic heterocycles. The summed E-state index contributed by atoms with van der Waals surface area (Å²) >= 11 is 7.67. The molecule has 3 aromatic heterocycles. The van der Waals surface area contributed by atoms with Crippen LogP contribution in [0.5, 0.6) is 0 Å². The fourth-order valence-electron chi connectivity index (χ4n) is 2.87. The van der Waals surface area contributed by atoms with Crippen LogP contribution in [0.3, 0.4) is 0 Å². The first-order valence-electron chi connectivity index (χ1n) is 9.02. The number of halogens is 1. The molecule has 0 atom stereocenters. The van der Waals surface area contributed by atoms with Crippen molar-refractivity contribution in [1.82, 2.24) is 25.1 Å². The van der Waals surface area contributed by atoms with Crippen molar-refractivity contribution in [1.29, 1.82) is 0 Å². The summed E-state index contributed by atoms with van der Waals surface area (Å²) in [6, 6.07) is 4.92. The Kier molecular flexibility index (Phi) is 5.23. The Morgan fingerprint density at radius 3 is 2.89 bits per heavy atom. The highest BCUT2D eigenvalue weighted by Crippen LogP contribution is 2.48. The van der Waals surface area contributed by atoms with Crippen LogP contribution in [-0.4, -0.2) is 32.2 Å². The number of pyridine rings is 1. The molecule has 1 N–H and O–H groups in total. The van der Waals surface area contributed by atoms with Crippen molar-refractivity contribution in [3.63, 3.8) is 0 Å². The van der Waals surface area contributed by atoms with E-state index in [-0.39, 0.29) is 18.0 Å². The number of nitrogens with zero attached hydrogens (tertiary/aromatic N) is 4. The number of carbonyl (C=O) groups excluding carboxylic acids is 1. The number of nitrogens with one attached hydrogen (secondary N) is 1. The van der Waals surface area contributed by atoms with Crippen molar-refractivity contribution in [3.8, 4) is 22.0 Å². The molecular weight excluding hydrogens is 398 g/mol. The minimum atomic E-state index is -0.322. The predicted molar refractivity (Wildman–Crippen MR) is 109 cm³/mol. The highest BCUT2D eigenvalue weighted by atomic mass is 35.5. The lowest BCUT2D eigenvalue weighted by molar-refractivity contribution is -0.121. The van der Waals surface area contributed by atoms with Crippen molar-refractivity contribution in [2.75, 3.05) is 6.54 Å². The molecule has 0 saturated heterocycles. The highest BCUT2D eigenvalue weighted by molar-refractivity contribution is 7.15. The average Bonchev–Trinajstić information content (AvgIpc) is 3.42. The lowest BCUT2D eigenvalue weighted by atomic mass is 10.2. The molecule has 0 radical (unpaired) electrons. The minimum Gasteiger partial charge on any atom is -0.355 e. The van der Waals surface area contributed by atoms with E-state index in [1.54, 1.807) is 29.8 Å². The molecule has 1 amide bonds. The third-order valence-electron chi connectivity index (χ3n) is 4.33. The van der Waals surface area contributed by atoms with Gasteiger partial charge in [0.25, 0.3) is 5.56 Å². The number of carbonyl (C=O) groups is 1. The monoisotopic (exact) mass is 415 g/mol. The number of likely N-dealkylation sites (N-methyl/N-ethyl adjacent to an activating group) is 1. The third kappa shape index (κ3) is 3.98. The summed E-state index contributed by atoms with van der Waals surface area (Å²) in [5.41, 5.74) is 1.87. The molecule has 1 saturated carbocycles. The molecule has 144 valence electrons. The van der Waals surface area contributed by atoms with Crippen LogP contribution in [0.25, 0.3) is 22.0 Å². The van der Waals surface area contributed by atoms with E-state index >= 15 is 0 Å². The van der Waals surface area contributed by atoms with Crippen LogP contribution >= 0.6 is 22.9 Å². The van der Waals surface area contributed by atoms with Crippen molar-refractivity contribution in [2.45, 2.75) is 32.2 Å². The van der Waals surface area contributed by atoms with Crippen LogP contribution in [0.2, 0.25) is 5.02 Å². The molecule has 4 rings (SSSR count). The van der Waals surface area contributed by atoms with Gasteiger partial charge < -0.3 is 5.32 Å². The normalized spacial score (nSPS) is 13.5. The van der Waals surface area contributed by atoms with Crippen LogP contribution in [-0.2, 0) is 11.3 Å². The Hall–Kier alpha value is -2.58. The summed E-state index contributed by atoms with van der Waals surface area (Å²) in [7, 11) is 0. The van der Waals surface area contributed by atoms with E-state index in [1.165, 1.54) is 10.7 Å². The van der Waals surface area contributed by atoms with E-state index < -0.39 is 0 Å². The van der Waals surface area contributed by atoms with Gasteiger partial charge >= 0.3 is 0 Å². The largest absolute Gasteiger partial charge is 0.355 e. The van der Waals surface area contributed by atoms with Gasteiger partial charge in [-0.15, -0.1) is 11.3 Å². The molecule has 9 heteroatoms. The molecular formula is C19H18ClN5O2S. The molecule has 0 spiro atoms. The Labute approximate surface area is 170 Å². The van der Waals surface area contributed by atoms with E-state index in [0.29, 0.717) is 23.2 Å². The van der Waals surface area contributed by atoms with Gasteiger partial charge in [-0.3, -0.25) is 14.6 Å². The van der Waals surface area contributed by atoms with Gasteiger partial charge in [-0.1, -0.05) is 11.6 Å². The SMILES string of the molecule is CCNC(=O)Cn1nc(-c2nc(-c3cncc(Cl)c3)sc2C2CC2)ccc1=O.